The molecule has 6 heteroatoms. The third kappa shape index (κ3) is 3.74. The van der Waals surface area contributed by atoms with Crippen molar-refractivity contribution in [3.05, 3.63) is 46.0 Å². The predicted molar refractivity (Wildman–Crippen MR) is 138 cm³/mol. The van der Waals surface area contributed by atoms with Gasteiger partial charge in [-0.05, 0) is 112 Å². The van der Waals surface area contributed by atoms with Crippen LogP contribution in [0.1, 0.15) is 89.5 Å². The molecule has 36 heavy (non-hydrogen) atoms. The molecule has 0 radical (unpaired) electrons. The zero-order valence-electron chi connectivity index (χ0n) is 21.9. The first-order valence-corrected chi connectivity index (χ1v) is 14.3. The van der Waals surface area contributed by atoms with Gasteiger partial charge in [-0.15, -0.1) is 0 Å². The number of nitrogens with zero attached hydrogens (tertiary/aromatic N) is 1. The molecule has 0 unspecified atom stereocenters. The van der Waals surface area contributed by atoms with Gasteiger partial charge in [0, 0.05) is 17.5 Å². The summed E-state index contributed by atoms with van der Waals surface area (Å²) in [6.07, 6.45) is 14.4. The lowest BCUT2D eigenvalue weighted by atomic mass is 9.45. The molecule has 1 amide bonds. The van der Waals surface area contributed by atoms with Gasteiger partial charge < -0.3 is 14.8 Å². The maximum Gasteiger partial charge on any atom is 0.335 e. The van der Waals surface area contributed by atoms with Crippen molar-refractivity contribution >= 4 is 5.91 Å². The normalized spacial score (nSPS) is 42.2. The van der Waals surface area contributed by atoms with E-state index in [9.17, 15) is 14.7 Å². The molecule has 1 saturated heterocycles. The number of amides is 1. The molecule has 7 atom stereocenters. The van der Waals surface area contributed by atoms with E-state index in [4.69, 9.17) is 4.42 Å². The van der Waals surface area contributed by atoms with Crippen LogP contribution in [0.25, 0.3) is 0 Å². The number of aliphatic hydroxyl groups is 1. The highest BCUT2D eigenvalue weighted by molar-refractivity contribution is 5.78. The first-order valence-electron chi connectivity index (χ1n) is 14.3. The van der Waals surface area contributed by atoms with Gasteiger partial charge in [0.05, 0.1) is 18.4 Å². The van der Waals surface area contributed by atoms with Gasteiger partial charge >= 0.3 is 5.63 Å². The summed E-state index contributed by atoms with van der Waals surface area (Å²) in [7, 11) is 0. The molecule has 0 aromatic carbocycles. The van der Waals surface area contributed by atoms with Gasteiger partial charge in [0.1, 0.15) is 0 Å². The van der Waals surface area contributed by atoms with Gasteiger partial charge in [-0.1, -0.05) is 25.5 Å². The number of allylic oxidation sites excluding steroid dienone is 1. The fourth-order valence-electron chi connectivity index (χ4n) is 9.31. The minimum Gasteiger partial charge on any atom is -0.431 e. The molecule has 1 aliphatic heterocycles. The molecular formula is C30H42N2O4. The summed E-state index contributed by atoms with van der Waals surface area (Å²) in [4.78, 5) is 26.5. The van der Waals surface area contributed by atoms with Crippen LogP contribution in [0.2, 0.25) is 0 Å². The van der Waals surface area contributed by atoms with Crippen LogP contribution < -0.4 is 10.9 Å². The number of carbonyl (C=O) groups excluding carboxylic acids is 1. The fourth-order valence-corrected chi connectivity index (χ4v) is 9.31. The largest absolute Gasteiger partial charge is 0.431 e. The molecule has 4 aliphatic carbocycles. The smallest absolute Gasteiger partial charge is 0.335 e. The Balaban J connectivity index is 1.19. The highest BCUT2D eigenvalue weighted by atomic mass is 16.4. The van der Waals surface area contributed by atoms with Crippen LogP contribution >= 0.6 is 0 Å². The molecule has 2 heterocycles. The molecule has 4 fully saturated rings. The lowest BCUT2D eigenvalue weighted by Gasteiger charge is -2.62. The van der Waals surface area contributed by atoms with Crippen LogP contribution in [-0.4, -0.2) is 47.2 Å². The van der Waals surface area contributed by atoms with Crippen molar-refractivity contribution in [2.45, 2.75) is 95.6 Å². The van der Waals surface area contributed by atoms with E-state index in [-0.39, 0.29) is 34.3 Å². The van der Waals surface area contributed by atoms with E-state index in [1.54, 1.807) is 6.26 Å². The van der Waals surface area contributed by atoms with E-state index in [1.807, 2.05) is 6.07 Å². The molecular weight excluding hydrogens is 452 g/mol. The van der Waals surface area contributed by atoms with Crippen molar-refractivity contribution < 1.29 is 14.3 Å². The number of likely N-dealkylation sites (tertiary alicyclic amines) is 1. The maximum atomic E-state index is 12.7. The van der Waals surface area contributed by atoms with Crippen LogP contribution in [0.5, 0.6) is 0 Å². The van der Waals surface area contributed by atoms with E-state index in [0.717, 1.165) is 70.0 Å². The average Bonchev–Trinajstić information content (AvgIpc) is 3.45. The van der Waals surface area contributed by atoms with Crippen LogP contribution in [0.15, 0.2) is 39.3 Å². The number of fused-ring (bicyclic) bond motifs is 5. The van der Waals surface area contributed by atoms with Crippen LogP contribution in [-0.2, 0) is 4.79 Å². The van der Waals surface area contributed by atoms with Gasteiger partial charge in [-0.2, -0.15) is 0 Å². The number of hydrogen-bond acceptors (Lipinski definition) is 5. The third-order valence-corrected chi connectivity index (χ3v) is 11.3. The first-order chi connectivity index (χ1) is 17.2. The topological polar surface area (TPSA) is 82.8 Å². The molecule has 3 saturated carbocycles. The van der Waals surface area contributed by atoms with Gasteiger partial charge in [-0.25, -0.2) is 4.79 Å². The highest BCUT2D eigenvalue weighted by Crippen LogP contribution is 2.70. The zero-order valence-corrected chi connectivity index (χ0v) is 21.9. The summed E-state index contributed by atoms with van der Waals surface area (Å²) in [5.74, 6) is 1.15. The second-order valence-corrected chi connectivity index (χ2v) is 12.9. The number of carbonyl (C=O) groups is 1. The summed E-state index contributed by atoms with van der Waals surface area (Å²) in [5.41, 5.74) is 1.46. The number of nitrogens with one attached hydrogen (secondary N) is 1. The zero-order chi connectivity index (χ0) is 25.1. The Morgan fingerprint density at radius 2 is 1.89 bits per heavy atom. The van der Waals surface area contributed by atoms with Crippen LogP contribution in [0, 0.1) is 22.7 Å². The Morgan fingerprint density at radius 1 is 1.08 bits per heavy atom. The predicted octanol–water partition coefficient (Wildman–Crippen LogP) is 4.38. The first kappa shape index (κ1) is 24.4. The van der Waals surface area contributed by atoms with E-state index in [0.29, 0.717) is 18.4 Å². The monoisotopic (exact) mass is 494 g/mol. The van der Waals surface area contributed by atoms with Crippen LogP contribution in [0.4, 0.5) is 0 Å². The van der Waals surface area contributed by atoms with Crippen molar-refractivity contribution in [3.8, 4) is 0 Å². The van der Waals surface area contributed by atoms with Crippen molar-refractivity contribution in [1.29, 1.82) is 0 Å². The summed E-state index contributed by atoms with van der Waals surface area (Å²) in [6, 6.07) is 3.56. The van der Waals surface area contributed by atoms with Crippen molar-refractivity contribution in [2.75, 3.05) is 19.6 Å². The molecule has 2 N–H and O–H groups in total. The fraction of sp³-hybridized carbons (Fsp3) is 0.733. The van der Waals surface area contributed by atoms with Crippen LogP contribution in [0.3, 0.4) is 0 Å². The Morgan fingerprint density at radius 3 is 2.64 bits per heavy atom. The summed E-state index contributed by atoms with van der Waals surface area (Å²) < 4.78 is 5.22. The van der Waals surface area contributed by atoms with E-state index < -0.39 is 5.60 Å². The molecule has 5 aliphatic rings. The molecule has 196 valence electrons. The van der Waals surface area contributed by atoms with Gasteiger partial charge in [0.2, 0.25) is 5.91 Å². The summed E-state index contributed by atoms with van der Waals surface area (Å²) >= 11 is 0. The molecule has 6 rings (SSSR count). The molecule has 6 nitrogen and oxygen atoms in total. The van der Waals surface area contributed by atoms with Gasteiger partial charge in [0.25, 0.3) is 0 Å². The summed E-state index contributed by atoms with van der Waals surface area (Å²) in [6.45, 7) is 7.33. The Bertz CT molecular complexity index is 1090. The van der Waals surface area contributed by atoms with Gasteiger partial charge in [0.15, 0.2) is 0 Å². The highest BCUT2D eigenvalue weighted by Gasteiger charge is 2.66. The van der Waals surface area contributed by atoms with Gasteiger partial charge in [-0.3, -0.25) is 9.69 Å². The Kier molecular flexibility index (Phi) is 5.99. The number of hydrogen-bond donors (Lipinski definition) is 2. The minimum atomic E-state index is -0.688. The standard InChI is InChI=1S/C30H42N2O4/c1-28-12-9-22(31-26(33)18-32-15-3-4-16-32)17-21(28)6-7-25-24(28)10-13-29(2)23(11-14-30(25,29)35)20-5-8-27(34)36-19-20/h5,8,17,19,22-25,35H,3-4,6-7,9-16,18H2,1-2H3,(H,31,33)/t22-,23+,24-,25+,28-,29+,30-/m0/s1. The van der Waals surface area contributed by atoms with Crippen molar-refractivity contribution in [3.63, 3.8) is 0 Å². The second kappa shape index (κ2) is 8.83. The van der Waals surface area contributed by atoms with E-state index in [2.05, 4.69) is 30.1 Å². The summed E-state index contributed by atoms with van der Waals surface area (Å²) in [5, 5.41) is 15.7. The van der Waals surface area contributed by atoms with E-state index >= 15 is 0 Å². The third-order valence-electron chi connectivity index (χ3n) is 11.3. The lowest BCUT2D eigenvalue weighted by molar-refractivity contribution is -0.177. The molecule has 0 spiro atoms. The molecule has 1 aromatic heterocycles. The Labute approximate surface area is 214 Å². The molecule has 1 aromatic rings. The average molecular weight is 495 g/mol. The lowest BCUT2D eigenvalue weighted by Crippen LogP contribution is -2.60. The Hall–Kier alpha value is -1.92. The maximum absolute atomic E-state index is 12.7. The van der Waals surface area contributed by atoms with Crippen molar-refractivity contribution in [2.24, 2.45) is 22.7 Å². The minimum absolute atomic E-state index is 0.105. The SMILES string of the molecule is C[C@]12CC[C@H](NC(=O)CN3CCCC3)C=C1CC[C@@H]1[C@@H]2CC[C@]2(C)[C@@H](c3ccc(=O)oc3)CC[C@]12O. The number of rotatable bonds is 4. The second-order valence-electron chi connectivity index (χ2n) is 12.9. The van der Waals surface area contributed by atoms with E-state index in [1.165, 1.54) is 24.5 Å². The quantitative estimate of drug-likeness (QED) is 0.607. The molecule has 0 bridgehead atoms. The van der Waals surface area contributed by atoms with Crippen molar-refractivity contribution in [1.82, 2.24) is 10.2 Å².